The minimum atomic E-state index is -1.03. The second-order valence-electron chi connectivity index (χ2n) is 4.19. The first-order valence-electron chi connectivity index (χ1n) is 5.82. The number of aromatic carboxylic acids is 1. The molecule has 0 atom stereocenters. The van der Waals surface area contributed by atoms with Crippen LogP contribution >= 0.6 is 0 Å². The van der Waals surface area contributed by atoms with Crippen molar-refractivity contribution >= 4 is 17.6 Å². The van der Waals surface area contributed by atoms with Crippen LogP contribution in [0.15, 0.2) is 42.6 Å². The van der Waals surface area contributed by atoms with Gasteiger partial charge in [0.2, 0.25) is 5.91 Å². The third-order valence-electron chi connectivity index (χ3n) is 2.74. The van der Waals surface area contributed by atoms with Crippen molar-refractivity contribution < 1.29 is 14.7 Å². The average Bonchev–Trinajstić information content (AvgIpc) is 2.71. The maximum Gasteiger partial charge on any atom is 0.352 e. The molecule has 0 unspecified atom stereocenters. The molecule has 98 valence electrons. The smallest absolute Gasteiger partial charge is 0.352 e. The van der Waals surface area contributed by atoms with E-state index in [-0.39, 0.29) is 18.1 Å². The molecular weight excluding hydrogens is 244 g/mol. The molecule has 5 heteroatoms. The molecule has 1 aromatic carbocycles. The van der Waals surface area contributed by atoms with Gasteiger partial charge in [-0.15, -0.1) is 0 Å². The molecule has 0 radical (unpaired) electrons. The highest BCUT2D eigenvalue weighted by atomic mass is 16.4. The van der Waals surface area contributed by atoms with Crippen molar-refractivity contribution in [3.05, 3.63) is 53.9 Å². The van der Waals surface area contributed by atoms with Crippen molar-refractivity contribution in [3.8, 4) is 0 Å². The van der Waals surface area contributed by atoms with Gasteiger partial charge < -0.3 is 15.0 Å². The highest BCUT2D eigenvalue weighted by Gasteiger charge is 2.15. The van der Waals surface area contributed by atoms with Gasteiger partial charge in [0.05, 0.1) is 0 Å². The van der Waals surface area contributed by atoms with Crippen LogP contribution in [0.4, 0.5) is 5.69 Å². The van der Waals surface area contributed by atoms with Gasteiger partial charge in [0.25, 0.3) is 0 Å². The number of para-hydroxylation sites is 1. The Bertz CT molecular complexity index is 602. The summed E-state index contributed by atoms with van der Waals surface area (Å²) in [5.41, 5.74) is 1.47. The maximum absolute atomic E-state index is 11.8. The molecule has 0 aliphatic carbocycles. The fourth-order valence-corrected chi connectivity index (χ4v) is 1.88. The first-order valence-corrected chi connectivity index (χ1v) is 5.82. The molecule has 0 bridgehead atoms. The molecule has 1 aromatic heterocycles. The summed E-state index contributed by atoms with van der Waals surface area (Å²) in [4.78, 5) is 22.9. The summed E-state index contributed by atoms with van der Waals surface area (Å²) in [6.07, 6.45) is 1.60. The number of carboxylic acids is 1. The van der Waals surface area contributed by atoms with Gasteiger partial charge in [0.15, 0.2) is 0 Å². The molecule has 0 aliphatic rings. The number of carboxylic acid groups (broad SMARTS) is 1. The number of aromatic nitrogens is 1. The van der Waals surface area contributed by atoms with Crippen molar-refractivity contribution in [2.75, 3.05) is 5.32 Å². The molecule has 0 fully saturated rings. The molecule has 2 aromatic rings. The molecule has 0 spiro atoms. The van der Waals surface area contributed by atoms with Gasteiger partial charge in [-0.3, -0.25) is 4.79 Å². The Balaban J connectivity index is 2.10. The summed E-state index contributed by atoms with van der Waals surface area (Å²) in [6, 6.07) is 10.7. The van der Waals surface area contributed by atoms with Gasteiger partial charge in [0.1, 0.15) is 12.2 Å². The number of carbonyl (C=O) groups is 2. The molecule has 2 rings (SSSR count). The SMILES string of the molecule is Cc1ccn(CC(=O)Nc2ccccc2)c1C(=O)O. The van der Waals surface area contributed by atoms with Crippen LogP contribution < -0.4 is 5.32 Å². The van der Waals surface area contributed by atoms with E-state index >= 15 is 0 Å². The first-order chi connectivity index (χ1) is 9.08. The quantitative estimate of drug-likeness (QED) is 0.882. The summed E-state index contributed by atoms with van der Waals surface area (Å²) < 4.78 is 1.43. The molecule has 2 N–H and O–H groups in total. The Morgan fingerprint density at radius 1 is 1.21 bits per heavy atom. The van der Waals surface area contributed by atoms with Gasteiger partial charge in [-0.05, 0) is 30.7 Å². The van der Waals surface area contributed by atoms with E-state index in [4.69, 9.17) is 5.11 Å². The number of benzene rings is 1. The largest absolute Gasteiger partial charge is 0.477 e. The van der Waals surface area contributed by atoms with Crippen LogP contribution in [0.25, 0.3) is 0 Å². The average molecular weight is 258 g/mol. The third-order valence-corrected chi connectivity index (χ3v) is 2.74. The fourth-order valence-electron chi connectivity index (χ4n) is 1.88. The van der Waals surface area contributed by atoms with Crippen LogP contribution in [0.5, 0.6) is 0 Å². The highest BCUT2D eigenvalue weighted by molar-refractivity contribution is 5.92. The number of nitrogens with one attached hydrogen (secondary N) is 1. The van der Waals surface area contributed by atoms with E-state index in [1.165, 1.54) is 4.57 Å². The Morgan fingerprint density at radius 3 is 2.53 bits per heavy atom. The normalized spacial score (nSPS) is 10.2. The first kappa shape index (κ1) is 12.9. The molecule has 5 nitrogen and oxygen atoms in total. The summed E-state index contributed by atoms with van der Waals surface area (Å²) in [6.45, 7) is 1.68. The van der Waals surface area contributed by atoms with E-state index < -0.39 is 5.97 Å². The molecule has 0 saturated heterocycles. The Hall–Kier alpha value is -2.56. The third kappa shape index (κ3) is 3.01. The van der Waals surface area contributed by atoms with E-state index in [0.29, 0.717) is 11.3 Å². The predicted molar refractivity (Wildman–Crippen MR) is 71.2 cm³/mol. The molecule has 0 saturated carbocycles. The van der Waals surface area contributed by atoms with Gasteiger partial charge in [0, 0.05) is 11.9 Å². The number of carbonyl (C=O) groups excluding carboxylic acids is 1. The van der Waals surface area contributed by atoms with Crippen LogP contribution in [0.2, 0.25) is 0 Å². The molecule has 0 aliphatic heterocycles. The van der Waals surface area contributed by atoms with Crippen LogP contribution in [0.3, 0.4) is 0 Å². The zero-order chi connectivity index (χ0) is 13.8. The number of aryl methyl sites for hydroxylation is 1. The van der Waals surface area contributed by atoms with Crippen molar-refractivity contribution in [2.45, 2.75) is 13.5 Å². The van der Waals surface area contributed by atoms with E-state index in [9.17, 15) is 9.59 Å². The summed E-state index contributed by atoms with van der Waals surface area (Å²) >= 11 is 0. The van der Waals surface area contributed by atoms with Crippen molar-refractivity contribution in [3.63, 3.8) is 0 Å². The molecule has 1 heterocycles. The second-order valence-corrected chi connectivity index (χ2v) is 4.19. The van der Waals surface area contributed by atoms with Gasteiger partial charge in [-0.25, -0.2) is 4.79 Å². The lowest BCUT2D eigenvalue weighted by Gasteiger charge is -2.08. The zero-order valence-electron chi connectivity index (χ0n) is 10.5. The number of rotatable bonds is 4. The van der Waals surface area contributed by atoms with E-state index in [0.717, 1.165) is 0 Å². The van der Waals surface area contributed by atoms with Crippen molar-refractivity contribution in [2.24, 2.45) is 0 Å². The highest BCUT2D eigenvalue weighted by Crippen LogP contribution is 2.11. The minimum absolute atomic E-state index is 0.0234. The van der Waals surface area contributed by atoms with Crippen molar-refractivity contribution in [1.29, 1.82) is 0 Å². The zero-order valence-corrected chi connectivity index (χ0v) is 10.5. The van der Waals surface area contributed by atoms with Crippen LogP contribution in [0.1, 0.15) is 16.1 Å². The van der Waals surface area contributed by atoms with E-state index in [2.05, 4.69) is 5.32 Å². The number of nitrogens with zero attached hydrogens (tertiary/aromatic N) is 1. The lowest BCUT2D eigenvalue weighted by molar-refractivity contribution is -0.116. The van der Waals surface area contributed by atoms with Crippen LogP contribution in [-0.2, 0) is 11.3 Å². The van der Waals surface area contributed by atoms with Crippen molar-refractivity contribution in [1.82, 2.24) is 4.57 Å². The minimum Gasteiger partial charge on any atom is -0.477 e. The molecular formula is C14H14N2O3. The second kappa shape index (κ2) is 5.39. The topological polar surface area (TPSA) is 71.3 Å². The number of anilines is 1. The van der Waals surface area contributed by atoms with Gasteiger partial charge >= 0.3 is 5.97 Å². The Labute approximate surface area is 110 Å². The molecule has 1 amide bonds. The summed E-state index contributed by atoms with van der Waals surface area (Å²) in [5.74, 6) is -1.29. The van der Waals surface area contributed by atoms with Gasteiger partial charge in [-0.1, -0.05) is 18.2 Å². The number of hydrogen-bond donors (Lipinski definition) is 2. The summed E-state index contributed by atoms with van der Waals surface area (Å²) in [5, 5.41) is 11.8. The standard InChI is InChI=1S/C14H14N2O3/c1-10-7-8-16(13(10)14(18)19)9-12(17)15-11-5-3-2-4-6-11/h2-8H,9H2,1H3,(H,15,17)(H,18,19). The van der Waals surface area contributed by atoms with Gasteiger partial charge in [-0.2, -0.15) is 0 Å². The lowest BCUT2D eigenvalue weighted by atomic mass is 10.3. The van der Waals surface area contributed by atoms with E-state index in [1.54, 1.807) is 31.3 Å². The van der Waals surface area contributed by atoms with E-state index in [1.807, 2.05) is 18.2 Å². The van der Waals surface area contributed by atoms with Crippen LogP contribution in [0, 0.1) is 6.92 Å². The van der Waals surface area contributed by atoms with Crippen LogP contribution in [-0.4, -0.2) is 21.6 Å². The molecule has 19 heavy (non-hydrogen) atoms. The Kier molecular flexibility index (Phi) is 3.66. The monoisotopic (exact) mass is 258 g/mol. The fraction of sp³-hybridized carbons (Fsp3) is 0.143. The Morgan fingerprint density at radius 2 is 1.89 bits per heavy atom. The summed E-state index contributed by atoms with van der Waals surface area (Å²) in [7, 11) is 0. The lowest BCUT2D eigenvalue weighted by Crippen LogP contribution is -2.21. The maximum atomic E-state index is 11.8. The number of hydrogen-bond acceptors (Lipinski definition) is 2. The predicted octanol–water partition coefficient (Wildman–Crippen LogP) is 2.13. The number of amides is 1.